The molecule has 0 amide bonds. The van der Waals surface area contributed by atoms with Gasteiger partial charge in [-0.05, 0) is 0 Å². The summed E-state index contributed by atoms with van der Waals surface area (Å²) >= 11 is 0. The standard InChI is InChI=1S/Cr.Cu.Ni.Pb.Zn. The zero-order valence-electron chi connectivity index (χ0n) is 2.23. The molecule has 33 valence electrons. The second-order valence-corrected chi connectivity index (χ2v) is 0. The van der Waals surface area contributed by atoms with E-state index < -0.39 is 0 Å². The molecule has 0 aromatic rings. The molecule has 0 aromatic carbocycles. The summed E-state index contributed by atoms with van der Waals surface area (Å²) in [7, 11) is 0. The van der Waals surface area contributed by atoms with Crippen molar-refractivity contribution in [2.24, 2.45) is 0 Å². The summed E-state index contributed by atoms with van der Waals surface area (Å²) < 4.78 is 0. The van der Waals surface area contributed by atoms with Crippen LogP contribution in [0.25, 0.3) is 0 Å². The van der Waals surface area contributed by atoms with Crippen molar-refractivity contribution in [3.63, 3.8) is 0 Å². The topological polar surface area (TPSA) is 0 Å². The molecule has 0 atom stereocenters. The number of hydrogen-bond acceptors (Lipinski definition) is 0. The first kappa shape index (κ1) is 42.6. The number of hydrogen-bond donors (Lipinski definition) is 0. The third-order valence-corrected chi connectivity index (χ3v) is 0. The number of rotatable bonds is 0. The van der Waals surface area contributed by atoms with Gasteiger partial charge in [0.15, 0.2) is 0 Å². The molecule has 0 N–H and O–H groups in total. The molecule has 0 unspecified atom stereocenters. The summed E-state index contributed by atoms with van der Waals surface area (Å²) in [6.45, 7) is 0. The average Bonchev–Trinajstić information content (AvgIpc) is 0. The molecular weight excluding hydrogens is 447 g/mol. The van der Waals surface area contributed by atoms with Crippen molar-refractivity contribution in [3.8, 4) is 0 Å². The SMILES string of the molecule is [Cr].[Cu].[Ni].[Pb].[Zn]. The molecule has 0 aliphatic heterocycles. The Balaban J connectivity index is 0. The Kier molecular flexibility index (Phi) is 235. The summed E-state index contributed by atoms with van der Waals surface area (Å²) in [6, 6.07) is 0. The maximum absolute atomic E-state index is 0. The van der Waals surface area contributed by atoms with E-state index in [2.05, 4.69) is 0 Å². The largest absolute Gasteiger partial charge is 0 e. The first-order valence-electron chi connectivity index (χ1n) is 0. The Morgan fingerprint density at radius 2 is 1.00 bits per heavy atom. The van der Waals surface area contributed by atoms with Gasteiger partial charge >= 0.3 is 0 Å². The summed E-state index contributed by atoms with van der Waals surface area (Å²) in [6.07, 6.45) is 0. The van der Waals surface area contributed by atoms with Gasteiger partial charge in [0.05, 0.1) is 0 Å². The molecule has 0 aliphatic carbocycles. The molecule has 0 rings (SSSR count). The average molecular weight is 447 g/mol. The van der Waals surface area contributed by atoms with Crippen LogP contribution in [-0.4, -0.2) is 27.3 Å². The second-order valence-electron chi connectivity index (χ2n) is 0. The summed E-state index contributed by atoms with van der Waals surface area (Å²) in [5.74, 6) is 0. The van der Waals surface area contributed by atoms with Crippen molar-refractivity contribution < 1.29 is 70.4 Å². The zero-order chi connectivity index (χ0) is 0. The zero-order valence-corrected chi connectivity index (χ0v) is 12.3. The van der Waals surface area contributed by atoms with Gasteiger partial charge in [0.2, 0.25) is 0 Å². The van der Waals surface area contributed by atoms with Crippen LogP contribution in [0.15, 0.2) is 0 Å². The molecule has 0 spiro atoms. The Labute approximate surface area is 96.1 Å². The van der Waals surface area contributed by atoms with Gasteiger partial charge in [-0.25, -0.2) is 0 Å². The fourth-order valence-electron chi connectivity index (χ4n) is 0. The third-order valence-electron chi connectivity index (χ3n) is 0. The van der Waals surface area contributed by atoms with Gasteiger partial charge in [0.25, 0.3) is 0 Å². The molecule has 0 nitrogen and oxygen atoms in total. The van der Waals surface area contributed by atoms with E-state index in [1.165, 1.54) is 0 Å². The minimum absolute atomic E-state index is 0. The predicted octanol–water partition coefficient (Wildman–Crippen LogP) is -0.391. The molecule has 0 saturated carbocycles. The van der Waals surface area contributed by atoms with E-state index in [9.17, 15) is 0 Å². The predicted molar refractivity (Wildman–Crippen MR) is 5.75 cm³/mol. The normalized spacial score (nSPS) is 0. The van der Waals surface area contributed by atoms with E-state index in [4.69, 9.17) is 0 Å². The molecule has 0 aliphatic rings. The summed E-state index contributed by atoms with van der Waals surface area (Å²) in [4.78, 5) is 0. The smallest absolute Gasteiger partial charge is 0 e. The van der Waals surface area contributed by atoms with E-state index in [-0.39, 0.29) is 97.7 Å². The monoisotopic (exact) mass is 445 g/mol. The molecule has 0 aromatic heterocycles. The van der Waals surface area contributed by atoms with Gasteiger partial charge < -0.3 is 0 Å². The molecule has 0 fully saturated rings. The quantitative estimate of drug-likeness (QED) is 0.445. The fourth-order valence-corrected chi connectivity index (χ4v) is 0. The molecule has 5 heavy (non-hydrogen) atoms. The van der Waals surface area contributed by atoms with E-state index in [0.717, 1.165) is 0 Å². The Morgan fingerprint density at radius 3 is 1.00 bits per heavy atom. The van der Waals surface area contributed by atoms with Crippen LogP contribution in [0.1, 0.15) is 0 Å². The summed E-state index contributed by atoms with van der Waals surface area (Å²) in [5, 5.41) is 0. The van der Waals surface area contributed by atoms with E-state index in [1.54, 1.807) is 0 Å². The van der Waals surface area contributed by atoms with E-state index in [0.29, 0.717) is 0 Å². The minimum Gasteiger partial charge on any atom is 0 e. The Hall–Kier alpha value is 3.09. The van der Waals surface area contributed by atoms with Crippen LogP contribution in [0.4, 0.5) is 0 Å². The molecule has 5 heteroatoms. The first-order chi connectivity index (χ1) is 0. The third kappa shape index (κ3) is 19.2. The van der Waals surface area contributed by atoms with E-state index in [1.807, 2.05) is 0 Å². The maximum atomic E-state index is 0. The van der Waals surface area contributed by atoms with Crippen LogP contribution in [0.5, 0.6) is 0 Å². The molecule has 0 saturated heterocycles. The summed E-state index contributed by atoms with van der Waals surface area (Å²) in [5.41, 5.74) is 0. The van der Waals surface area contributed by atoms with Crippen LogP contribution in [0.3, 0.4) is 0 Å². The minimum atomic E-state index is 0. The van der Waals surface area contributed by atoms with Gasteiger partial charge in [0.1, 0.15) is 0 Å². The molecule has 0 heterocycles. The van der Waals surface area contributed by atoms with Crippen LogP contribution in [-0.2, 0) is 70.4 Å². The van der Waals surface area contributed by atoms with Gasteiger partial charge in [-0.3, -0.25) is 0 Å². The first-order valence-corrected chi connectivity index (χ1v) is 0. The molecule has 0 bridgehead atoms. The van der Waals surface area contributed by atoms with Crippen LogP contribution >= 0.6 is 0 Å². The van der Waals surface area contributed by atoms with Crippen LogP contribution in [0.2, 0.25) is 0 Å². The van der Waals surface area contributed by atoms with Gasteiger partial charge in [-0.1, -0.05) is 0 Å². The molecule has 5 radical (unpaired) electrons. The van der Waals surface area contributed by atoms with Crippen molar-refractivity contribution in [2.75, 3.05) is 0 Å². The van der Waals surface area contributed by atoms with Gasteiger partial charge in [0, 0.05) is 97.7 Å². The van der Waals surface area contributed by atoms with Gasteiger partial charge in [-0.15, -0.1) is 0 Å². The Morgan fingerprint density at radius 1 is 1.00 bits per heavy atom. The van der Waals surface area contributed by atoms with Crippen molar-refractivity contribution in [1.29, 1.82) is 0 Å². The van der Waals surface area contributed by atoms with Gasteiger partial charge in [-0.2, -0.15) is 0 Å². The van der Waals surface area contributed by atoms with Crippen molar-refractivity contribution in [1.82, 2.24) is 0 Å². The fraction of sp³-hybridized carbons (Fsp3) is 0. The van der Waals surface area contributed by atoms with Crippen molar-refractivity contribution in [3.05, 3.63) is 0 Å². The van der Waals surface area contributed by atoms with E-state index >= 15 is 0 Å². The van der Waals surface area contributed by atoms with Crippen LogP contribution < -0.4 is 0 Å². The van der Waals surface area contributed by atoms with Crippen molar-refractivity contribution in [2.45, 2.75) is 0 Å². The maximum Gasteiger partial charge on any atom is 0 e. The van der Waals surface area contributed by atoms with Crippen LogP contribution in [0, 0.1) is 0 Å². The van der Waals surface area contributed by atoms with Crippen molar-refractivity contribution >= 4 is 27.3 Å². The Bertz CT molecular complexity index is 11.6. The molecular formula is CrCuNiPbZn. The second kappa shape index (κ2) is 27.5.